The Hall–Kier alpha value is -2.71. The SMILES string of the molecule is CCn1ncc(CNC(=O)Cn2cc([N+](=O)[O-])cn2)c1C. The Bertz CT molecular complexity index is 660. The van der Waals surface area contributed by atoms with Gasteiger partial charge in [-0.15, -0.1) is 0 Å². The van der Waals surface area contributed by atoms with Crippen molar-refractivity contribution in [1.82, 2.24) is 24.9 Å². The molecular formula is C12H16N6O3. The zero-order valence-electron chi connectivity index (χ0n) is 11.8. The molecule has 0 aromatic carbocycles. The number of rotatable bonds is 6. The Morgan fingerprint density at radius 2 is 2.19 bits per heavy atom. The molecule has 0 saturated carbocycles. The van der Waals surface area contributed by atoms with Gasteiger partial charge < -0.3 is 5.32 Å². The third-order valence-corrected chi connectivity index (χ3v) is 3.12. The lowest BCUT2D eigenvalue weighted by Gasteiger charge is -2.05. The molecule has 0 bridgehead atoms. The van der Waals surface area contributed by atoms with E-state index in [4.69, 9.17) is 0 Å². The van der Waals surface area contributed by atoms with E-state index >= 15 is 0 Å². The van der Waals surface area contributed by atoms with Crippen LogP contribution in [0.1, 0.15) is 18.2 Å². The van der Waals surface area contributed by atoms with Crippen LogP contribution in [0, 0.1) is 17.0 Å². The number of aryl methyl sites for hydroxylation is 1. The first-order valence-corrected chi connectivity index (χ1v) is 6.46. The maximum Gasteiger partial charge on any atom is 0.307 e. The van der Waals surface area contributed by atoms with Crippen LogP contribution in [0.2, 0.25) is 0 Å². The highest BCUT2D eigenvalue weighted by Crippen LogP contribution is 2.08. The number of hydrogen-bond donors (Lipinski definition) is 1. The zero-order chi connectivity index (χ0) is 15.4. The number of carbonyl (C=O) groups excluding carboxylic acids is 1. The van der Waals surface area contributed by atoms with Gasteiger partial charge in [-0.05, 0) is 13.8 Å². The van der Waals surface area contributed by atoms with E-state index in [2.05, 4.69) is 15.5 Å². The minimum absolute atomic E-state index is 0.0607. The van der Waals surface area contributed by atoms with E-state index in [1.807, 2.05) is 18.5 Å². The van der Waals surface area contributed by atoms with Gasteiger partial charge >= 0.3 is 5.69 Å². The summed E-state index contributed by atoms with van der Waals surface area (Å²) >= 11 is 0. The van der Waals surface area contributed by atoms with Crippen molar-refractivity contribution in [3.63, 3.8) is 0 Å². The number of carbonyl (C=O) groups is 1. The largest absolute Gasteiger partial charge is 0.350 e. The van der Waals surface area contributed by atoms with Crippen LogP contribution in [0.5, 0.6) is 0 Å². The Balaban J connectivity index is 1.89. The molecule has 0 fully saturated rings. The van der Waals surface area contributed by atoms with Crippen molar-refractivity contribution in [2.75, 3.05) is 0 Å². The molecule has 0 spiro atoms. The second-order valence-electron chi connectivity index (χ2n) is 4.50. The standard InChI is InChI=1S/C12H16N6O3/c1-3-17-9(2)10(5-15-17)4-13-12(19)8-16-7-11(6-14-16)18(20)21/h5-7H,3-4,8H2,1-2H3,(H,13,19). The summed E-state index contributed by atoms with van der Waals surface area (Å²) in [6.45, 7) is 5.02. The van der Waals surface area contributed by atoms with Crippen molar-refractivity contribution in [3.8, 4) is 0 Å². The molecule has 2 rings (SSSR count). The number of nitrogens with zero attached hydrogens (tertiary/aromatic N) is 5. The van der Waals surface area contributed by atoms with E-state index in [9.17, 15) is 14.9 Å². The van der Waals surface area contributed by atoms with Gasteiger partial charge in [0.2, 0.25) is 5.91 Å². The van der Waals surface area contributed by atoms with Crippen molar-refractivity contribution in [2.24, 2.45) is 0 Å². The molecule has 112 valence electrons. The van der Waals surface area contributed by atoms with Crippen molar-refractivity contribution >= 4 is 11.6 Å². The fourth-order valence-corrected chi connectivity index (χ4v) is 1.91. The predicted molar refractivity (Wildman–Crippen MR) is 73.4 cm³/mol. The van der Waals surface area contributed by atoms with Crippen LogP contribution < -0.4 is 5.32 Å². The molecule has 9 heteroatoms. The third-order valence-electron chi connectivity index (χ3n) is 3.12. The highest BCUT2D eigenvalue weighted by atomic mass is 16.6. The molecule has 9 nitrogen and oxygen atoms in total. The molecule has 21 heavy (non-hydrogen) atoms. The maximum atomic E-state index is 11.8. The van der Waals surface area contributed by atoms with E-state index in [1.165, 1.54) is 10.9 Å². The minimum atomic E-state index is -0.552. The van der Waals surface area contributed by atoms with Crippen molar-refractivity contribution in [3.05, 3.63) is 40.0 Å². The number of aromatic nitrogens is 4. The van der Waals surface area contributed by atoms with Gasteiger partial charge in [0.05, 0.1) is 11.1 Å². The normalized spacial score (nSPS) is 10.6. The van der Waals surface area contributed by atoms with Crippen LogP contribution in [-0.2, 0) is 24.4 Å². The summed E-state index contributed by atoms with van der Waals surface area (Å²) in [4.78, 5) is 21.8. The van der Waals surface area contributed by atoms with Crippen LogP contribution in [-0.4, -0.2) is 30.4 Å². The first kappa shape index (κ1) is 14.7. The van der Waals surface area contributed by atoms with Crippen molar-refractivity contribution in [1.29, 1.82) is 0 Å². The molecule has 0 aliphatic heterocycles. The van der Waals surface area contributed by atoms with Gasteiger partial charge in [-0.3, -0.25) is 24.3 Å². The van der Waals surface area contributed by atoms with Gasteiger partial charge in [0.25, 0.3) is 0 Å². The Morgan fingerprint density at radius 3 is 2.76 bits per heavy atom. The second-order valence-corrected chi connectivity index (χ2v) is 4.50. The first-order chi connectivity index (χ1) is 10.0. The fourth-order valence-electron chi connectivity index (χ4n) is 1.91. The maximum absolute atomic E-state index is 11.8. The van der Waals surface area contributed by atoms with Crippen LogP contribution in [0.25, 0.3) is 0 Å². The Morgan fingerprint density at radius 1 is 1.43 bits per heavy atom. The van der Waals surface area contributed by atoms with E-state index in [-0.39, 0.29) is 18.1 Å². The van der Waals surface area contributed by atoms with Gasteiger partial charge in [0, 0.05) is 24.3 Å². The van der Waals surface area contributed by atoms with Crippen molar-refractivity contribution < 1.29 is 9.72 Å². The van der Waals surface area contributed by atoms with Crippen molar-refractivity contribution in [2.45, 2.75) is 33.5 Å². The molecule has 0 atom stereocenters. The van der Waals surface area contributed by atoms with Crippen LogP contribution in [0.15, 0.2) is 18.6 Å². The van der Waals surface area contributed by atoms with Gasteiger partial charge in [-0.1, -0.05) is 0 Å². The summed E-state index contributed by atoms with van der Waals surface area (Å²) in [5.74, 6) is -0.267. The lowest BCUT2D eigenvalue weighted by molar-refractivity contribution is -0.385. The average Bonchev–Trinajstić information content (AvgIpc) is 3.03. The number of amides is 1. The molecular weight excluding hydrogens is 276 g/mol. The minimum Gasteiger partial charge on any atom is -0.350 e. The highest BCUT2D eigenvalue weighted by Gasteiger charge is 2.12. The molecule has 1 N–H and O–H groups in total. The Kier molecular flexibility index (Phi) is 4.31. The average molecular weight is 292 g/mol. The van der Waals surface area contributed by atoms with Crippen LogP contribution in [0.3, 0.4) is 0 Å². The van der Waals surface area contributed by atoms with Gasteiger partial charge in [-0.2, -0.15) is 10.2 Å². The smallest absolute Gasteiger partial charge is 0.307 e. The second kappa shape index (κ2) is 6.16. The zero-order valence-corrected chi connectivity index (χ0v) is 11.8. The summed E-state index contributed by atoms with van der Waals surface area (Å²) in [5, 5.41) is 21.2. The third kappa shape index (κ3) is 3.44. The van der Waals surface area contributed by atoms with Gasteiger partial charge in [0.15, 0.2) is 0 Å². The molecule has 0 saturated heterocycles. The number of nitro groups is 1. The summed E-state index contributed by atoms with van der Waals surface area (Å²) in [7, 11) is 0. The van der Waals surface area contributed by atoms with E-state index < -0.39 is 4.92 Å². The summed E-state index contributed by atoms with van der Waals surface area (Å²) in [6.07, 6.45) is 4.06. The highest BCUT2D eigenvalue weighted by molar-refractivity contribution is 5.75. The monoisotopic (exact) mass is 292 g/mol. The van der Waals surface area contributed by atoms with E-state index in [1.54, 1.807) is 6.20 Å². The molecule has 2 aromatic heterocycles. The molecule has 0 aliphatic carbocycles. The lowest BCUT2D eigenvalue weighted by atomic mass is 10.2. The Labute approximate surface area is 120 Å². The van der Waals surface area contributed by atoms with Crippen LogP contribution >= 0.6 is 0 Å². The van der Waals surface area contributed by atoms with Gasteiger partial charge in [-0.25, -0.2) is 0 Å². The number of nitrogens with one attached hydrogen (secondary N) is 1. The number of hydrogen-bond acceptors (Lipinski definition) is 5. The van der Waals surface area contributed by atoms with Gasteiger partial charge in [0.1, 0.15) is 18.9 Å². The molecule has 2 aromatic rings. The molecule has 0 radical (unpaired) electrons. The molecule has 0 unspecified atom stereocenters. The molecule has 2 heterocycles. The summed E-state index contributed by atoms with van der Waals surface area (Å²) in [6, 6.07) is 0. The van der Waals surface area contributed by atoms with E-state index in [0.717, 1.165) is 24.0 Å². The lowest BCUT2D eigenvalue weighted by Crippen LogP contribution is -2.27. The summed E-state index contributed by atoms with van der Waals surface area (Å²) < 4.78 is 3.08. The van der Waals surface area contributed by atoms with Crippen LogP contribution in [0.4, 0.5) is 5.69 Å². The fraction of sp³-hybridized carbons (Fsp3) is 0.417. The molecule has 1 amide bonds. The topological polar surface area (TPSA) is 108 Å². The summed E-state index contributed by atoms with van der Waals surface area (Å²) in [5.41, 5.74) is 1.81. The quantitative estimate of drug-likeness (QED) is 0.620. The predicted octanol–water partition coefficient (Wildman–Crippen LogP) is 0.633. The molecule has 0 aliphatic rings. The van der Waals surface area contributed by atoms with E-state index in [0.29, 0.717) is 6.54 Å². The first-order valence-electron chi connectivity index (χ1n) is 6.46.